The second kappa shape index (κ2) is 14.4. The molecule has 2 aromatic heterocycles. The zero-order chi connectivity index (χ0) is 50.8. The monoisotopic (exact) mass is 973 g/mol. The molecule has 3 nitrogen and oxygen atoms in total. The molecule has 0 spiro atoms. The molecule has 9 aromatic rings. The summed E-state index contributed by atoms with van der Waals surface area (Å²) >= 11 is 2.04. The van der Waals surface area contributed by atoms with Gasteiger partial charge < -0.3 is 14.1 Å². The van der Waals surface area contributed by atoms with Crippen LogP contribution in [0.5, 0.6) is 0 Å². The maximum Gasteiger partial charge on any atom is 0.343 e. The molecule has 5 aliphatic rings. The average molecular weight is 973 g/mol. The highest BCUT2D eigenvalue weighted by Gasteiger charge is 2.51. The number of nitrogens with zero attached hydrogens (tertiary/aromatic N) is 2. The Morgan fingerprint density at radius 1 is 0.521 bits per heavy atom. The third-order valence-corrected chi connectivity index (χ3v) is 20.4. The van der Waals surface area contributed by atoms with Crippen LogP contribution in [0.4, 0.5) is 28.4 Å². The van der Waals surface area contributed by atoms with E-state index >= 15 is 0 Å². The van der Waals surface area contributed by atoms with E-state index in [0.717, 1.165) is 29.4 Å². The van der Waals surface area contributed by atoms with Crippen molar-refractivity contribution in [1.29, 1.82) is 0 Å². The first-order valence-electron chi connectivity index (χ1n) is 27.2. The van der Waals surface area contributed by atoms with Crippen molar-refractivity contribution in [3.8, 4) is 22.3 Å². The van der Waals surface area contributed by atoms with Crippen molar-refractivity contribution < 1.29 is 4.42 Å². The van der Waals surface area contributed by atoms with Crippen LogP contribution < -0.4 is 20.0 Å². The smallest absolute Gasteiger partial charge is 0.343 e. The first-order valence-corrected chi connectivity index (χ1v) is 28.0. The van der Waals surface area contributed by atoms with Crippen LogP contribution in [-0.2, 0) is 32.5 Å². The quantitative estimate of drug-likeness (QED) is 0.161. The standard InChI is InChI=1S/C68H69BN2OS/c1-38-31-50-52(66(9,10)29-27-64(50,5)6)36-54(38)70-59-47-34-51-53(67(11,12)30-28-65(51,7)8)37-57(47)73-62(59)69-58-45(33-46-42-20-16-18-22-56(42)72-61(46)60(58)70)44-32-43-41-19-15-17-21-48(41)68(13,14)49(43)35-55(44)71(69)40-25-23-39(24-26-40)63(2,3)4/h15-26,31-37H,27-30H2,1-14H3. The van der Waals surface area contributed by atoms with Crippen molar-refractivity contribution in [2.75, 3.05) is 9.71 Å². The van der Waals surface area contributed by atoms with E-state index in [1.165, 1.54) is 134 Å². The Balaban J connectivity index is 1.18. The highest BCUT2D eigenvalue weighted by molar-refractivity contribution is 7.32. The summed E-state index contributed by atoms with van der Waals surface area (Å²) in [6.07, 6.45) is 4.67. The number of anilines is 5. The van der Waals surface area contributed by atoms with Gasteiger partial charge in [-0.2, -0.15) is 0 Å². The Hall–Kier alpha value is -6.04. The van der Waals surface area contributed by atoms with Crippen molar-refractivity contribution in [3.05, 3.63) is 160 Å². The molecule has 0 saturated carbocycles. The van der Waals surface area contributed by atoms with E-state index in [0.29, 0.717) is 0 Å². The molecule has 3 aliphatic carbocycles. The number of hydrogen-bond acceptors (Lipinski definition) is 4. The van der Waals surface area contributed by atoms with Crippen LogP contribution in [0, 0.1) is 6.92 Å². The van der Waals surface area contributed by atoms with Gasteiger partial charge in [-0.25, -0.2) is 0 Å². The highest BCUT2D eigenvalue weighted by atomic mass is 32.1. The third-order valence-electron chi connectivity index (χ3n) is 19.2. The van der Waals surface area contributed by atoms with Crippen molar-refractivity contribution >= 4 is 88.9 Å². The molecule has 14 rings (SSSR count). The molecule has 0 amide bonds. The van der Waals surface area contributed by atoms with Crippen LogP contribution >= 0.6 is 11.3 Å². The van der Waals surface area contributed by atoms with Gasteiger partial charge in [0.05, 0.1) is 11.4 Å². The number of fused-ring (bicyclic) bond motifs is 15. The molecule has 0 bridgehead atoms. The van der Waals surface area contributed by atoms with Crippen molar-refractivity contribution in [2.24, 2.45) is 0 Å². The number of rotatable bonds is 2. The molecule has 0 atom stereocenters. The second-order valence-corrected chi connectivity index (χ2v) is 28.2. The number of thiophene rings is 1. The van der Waals surface area contributed by atoms with Gasteiger partial charge in [-0.05, 0) is 181 Å². The predicted octanol–water partition coefficient (Wildman–Crippen LogP) is 18.1. The summed E-state index contributed by atoms with van der Waals surface area (Å²) in [5, 5.41) is 3.68. The fraction of sp³-hybridized carbons (Fsp3) is 0.353. The fourth-order valence-electron chi connectivity index (χ4n) is 14.5. The first-order chi connectivity index (χ1) is 34.5. The van der Waals surface area contributed by atoms with E-state index in [-0.39, 0.29) is 39.3 Å². The minimum Gasteiger partial charge on any atom is -0.454 e. The van der Waals surface area contributed by atoms with Gasteiger partial charge in [-0.3, -0.25) is 0 Å². The van der Waals surface area contributed by atoms with Crippen LogP contribution in [0.2, 0.25) is 0 Å². The normalized spacial score (nSPS) is 19.1. The topological polar surface area (TPSA) is 19.6 Å². The summed E-state index contributed by atoms with van der Waals surface area (Å²) in [7, 11) is 0. The van der Waals surface area contributed by atoms with Gasteiger partial charge in [0.15, 0.2) is 5.58 Å². The molecule has 0 radical (unpaired) electrons. The summed E-state index contributed by atoms with van der Waals surface area (Å²) in [6.45, 7) is 33.9. The Kier molecular flexibility index (Phi) is 9.00. The van der Waals surface area contributed by atoms with Crippen LogP contribution in [-0.4, -0.2) is 6.85 Å². The number of benzene rings is 7. The van der Waals surface area contributed by atoms with Crippen molar-refractivity contribution in [3.63, 3.8) is 0 Å². The molecule has 0 N–H and O–H groups in total. The largest absolute Gasteiger partial charge is 0.454 e. The maximum atomic E-state index is 7.43. The van der Waals surface area contributed by atoms with Crippen molar-refractivity contribution in [1.82, 2.24) is 0 Å². The van der Waals surface area contributed by atoms with Gasteiger partial charge in [0.25, 0.3) is 0 Å². The molecule has 73 heavy (non-hydrogen) atoms. The lowest BCUT2D eigenvalue weighted by Crippen LogP contribution is -2.60. The second-order valence-electron chi connectivity index (χ2n) is 27.1. The van der Waals surface area contributed by atoms with Crippen LogP contribution in [0.25, 0.3) is 54.3 Å². The van der Waals surface area contributed by atoms with Crippen LogP contribution in [0.1, 0.15) is 160 Å². The Labute approximate surface area is 437 Å². The van der Waals surface area contributed by atoms with E-state index in [1.54, 1.807) is 0 Å². The first kappa shape index (κ1) is 45.6. The Bertz CT molecular complexity index is 3900. The molecule has 5 heteroatoms. The Morgan fingerprint density at radius 2 is 1.12 bits per heavy atom. The summed E-state index contributed by atoms with van der Waals surface area (Å²) in [5.74, 6) is 0. The fourth-order valence-corrected chi connectivity index (χ4v) is 15.9. The van der Waals surface area contributed by atoms with E-state index in [1.807, 2.05) is 11.3 Å². The van der Waals surface area contributed by atoms with Crippen LogP contribution in [0.15, 0.2) is 120 Å². The zero-order valence-electron chi connectivity index (χ0n) is 45.6. The van der Waals surface area contributed by atoms with E-state index in [2.05, 4.69) is 222 Å². The third kappa shape index (κ3) is 6.12. The SMILES string of the molecule is Cc1cc2c(cc1N1c3c(sc4cc5c(cc34)C(C)(C)CCC5(C)C)B3c4c(cc5c(oc6ccccc65)c41)-c1cc4c(cc1N3c1ccc(C(C)(C)C)cc1)C(C)(C)c1ccccc1-4)C(C)(C)CCC2(C)C. The molecule has 7 aromatic carbocycles. The Morgan fingerprint density at radius 3 is 1.81 bits per heavy atom. The molecule has 0 unspecified atom stereocenters. The summed E-state index contributed by atoms with van der Waals surface area (Å²) in [4.78, 5) is 5.50. The zero-order valence-corrected chi connectivity index (χ0v) is 46.4. The number of para-hydroxylation sites is 1. The van der Waals surface area contributed by atoms with E-state index in [9.17, 15) is 0 Å². The molecule has 0 saturated heterocycles. The van der Waals surface area contributed by atoms with Gasteiger partial charge in [0.2, 0.25) is 0 Å². The highest BCUT2D eigenvalue weighted by Crippen LogP contribution is 2.59. The molecular weight excluding hydrogens is 904 g/mol. The minimum atomic E-state index is -0.171. The molecular formula is C68H69BN2OS. The summed E-state index contributed by atoms with van der Waals surface area (Å²) < 4.78 is 10.2. The van der Waals surface area contributed by atoms with Gasteiger partial charge >= 0.3 is 6.85 Å². The van der Waals surface area contributed by atoms with Crippen molar-refractivity contribution in [2.45, 2.75) is 155 Å². The lowest BCUT2D eigenvalue weighted by atomic mass is 9.46. The number of aryl methyl sites for hydroxylation is 1. The van der Waals surface area contributed by atoms with Gasteiger partial charge in [0, 0.05) is 53.7 Å². The van der Waals surface area contributed by atoms with E-state index < -0.39 is 0 Å². The van der Waals surface area contributed by atoms with Gasteiger partial charge in [-0.1, -0.05) is 151 Å². The van der Waals surface area contributed by atoms with Crippen LogP contribution in [0.3, 0.4) is 0 Å². The number of furan rings is 1. The lowest BCUT2D eigenvalue weighted by Gasteiger charge is -2.46. The van der Waals surface area contributed by atoms with Gasteiger partial charge in [0.1, 0.15) is 5.58 Å². The van der Waals surface area contributed by atoms with E-state index in [4.69, 9.17) is 4.42 Å². The molecule has 2 aliphatic heterocycles. The summed E-state index contributed by atoms with van der Waals surface area (Å²) in [5.41, 5.74) is 26.2. The predicted molar refractivity (Wildman–Crippen MR) is 314 cm³/mol. The molecule has 0 fully saturated rings. The molecule has 4 heterocycles. The minimum absolute atomic E-state index is 0.0167. The van der Waals surface area contributed by atoms with Gasteiger partial charge in [-0.15, -0.1) is 11.3 Å². The summed E-state index contributed by atoms with van der Waals surface area (Å²) in [6, 6.07) is 45.7. The number of hydrogen-bond donors (Lipinski definition) is 0. The maximum absolute atomic E-state index is 7.43. The molecule has 366 valence electrons. The average Bonchev–Trinajstić information content (AvgIpc) is 3.98. The lowest BCUT2D eigenvalue weighted by molar-refractivity contribution is 0.332.